The van der Waals surface area contributed by atoms with Crippen LogP contribution in [0.2, 0.25) is 0 Å². The average Bonchev–Trinajstić information content (AvgIpc) is 3.19. The lowest BCUT2D eigenvalue weighted by molar-refractivity contribution is 0.117. The molecule has 2 heterocycles. The Hall–Kier alpha value is -2.19. The van der Waals surface area contributed by atoms with Crippen LogP contribution in [0.5, 0.6) is 11.5 Å². The van der Waals surface area contributed by atoms with Crippen molar-refractivity contribution >= 4 is 0 Å². The minimum Gasteiger partial charge on any atom is -0.493 e. The third-order valence-corrected chi connectivity index (χ3v) is 5.80. The summed E-state index contributed by atoms with van der Waals surface area (Å²) >= 11 is 0. The molecule has 0 unspecified atom stereocenters. The maximum absolute atomic E-state index is 5.56. The van der Waals surface area contributed by atoms with Crippen LogP contribution in [0.4, 0.5) is 0 Å². The second-order valence-corrected chi connectivity index (χ2v) is 7.97. The van der Waals surface area contributed by atoms with Crippen LogP contribution in [0.25, 0.3) is 0 Å². The fraction of sp³-hybridized carbons (Fsp3) is 0.650. The maximum atomic E-state index is 5.56. The third-order valence-electron chi connectivity index (χ3n) is 5.80. The van der Waals surface area contributed by atoms with Crippen molar-refractivity contribution in [1.82, 2.24) is 30.0 Å². The van der Waals surface area contributed by atoms with Crippen molar-refractivity contribution in [3.63, 3.8) is 0 Å². The Bertz CT molecular complexity index is 783. The summed E-state index contributed by atoms with van der Waals surface area (Å²) in [4.78, 5) is 4.80. The summed E-state index contributed by atoms with van der Waals surface area (Å²) in [6.45, 7) is 10.4. The van der Waals surface area contributed by atoms with Crippen molar-refractivity contribution in [3.05, 3.63) is 29.6 Å². The predicted molar refractivity (Wildman–Crippen MR) is 108 cm³/mol. The first-order valence-corrected chi connectivity index (χ1v) is 9.84. The summed E-state index contributed by atoms with van der Waals surface area (Å²) in [5, 5.41) is 12.9. The molecule has 0 aliphatic carbocycles. The molecule has 1 aromatic heterocycles. The number of hydrogen-bond donors (Lipinski definition) is 0. The summed E-state index contributed by atoms with van der Waals surface area (Å²) in [5.74, 6) is 2.30. The average molecular weight is 389 g/mol. The highest BCUT2D eigenvalue weighted by molar-refractivity contribution is 5.45. The van der Waals surface area contributed by atoms with Gasteiger partial charge < -0.3 is 14.4 Å². The number of ether oxygens (including phenoxy) is 2. The molecule has 154 valence electrons. The lowest BCUT2D eigenvalue weighted by atomic mass is 9.98. The van der Waals surface area contributed by atoms with E-state index in [-0.39, 0.29) is 11.6 Å². The van der Waals surface area contributed by atoms with Gasteiger partial charge in [0.1, 0.15) is 0 Å². The Morgan fingerprint density at radius 3 is 2.36 bits per heavy atom. The standard InChI is InChI=1S/C20H32N6O2/c1-7-20(2,3)26-19(21-22-23-26)18(25-12-10-24(4)11-13-25)15-8-9-16(27-5)17(14-15)28-6/h8-9,14,18H,7,10-13H2,1-6H3/t18-/m1/s1. The smallest absolute Gasteiger partial charge is 0.173 e. The van der Waals surface area contributed by atoms with Gasteiger partial charge in [0.2, 0.25) is 0 Å². The van der Waals surface area contributed by atoms with Crippen LogP contribution in [0.3, 0.4) is 0 Å². The third kappa shape index (κ3) is 3.98. The van der Waals surface area contributed by atoms with Gasteiger partial charge in [-0.1, -0.05) is 13.0 Å². The summed E-state index contributed by atoms with van der Waals surface area (Å²) in [6.07, 6.45) is 0.937. The number of aromatic nitrogens is 4. The molecule has 3 rings (SSSR count). The van der Waals surface area contributed by atoms with Crippen molar-refractivity contribution in [2.75, 3.05) is 47.4 Å². The van der Waals surface area contributed by atoms with Gasteiger partial charge >= 0.3 is 0 Å². The summed E-state index contributed by atoms with van der Waals surface area (Å²) < 4.78 is 13.0. The van der Waals surface area contributed by atoms with E-state index < -0.39 is 0 Å². The zero-order valence-corrected chi connectivity index (χ0v) is 17.8. The molecule has 0 N–H and O–H groups in total. The Morgan fingerprint density at radius 1 is 1.07 bits per heavy atom. The van der Waals surface area contributed by atoms with E-state index in [2.05, 4.69) is 59.2 Å². The molecule has 1 atom stereocenters. The van der Waals surface area contributed by atoms with E-state index in [1.807, 2.05) is 16.8 Å². The molecule has 1 aliphatic heterocycles. The van der Waals surface area contributed by atoms with E-state index in [0.29, 0.717) is 5.75 Å². The largest absolute Gasteiger partial charge is 0.493 e. The Kier molecular flexibility index (Phi) is 6.20. The zero-order chi connectivity index (χ0) is 20.3. The molecule has 28 heavy (non-hydrogen) atoms. The number of benzene rings is 1. The monoisotopic (exact) mass is 388 g/mol. The molecule has 0 saturated carbocycles. The number of likely N-dealkylation sites (N-methyl/N-ethyl adjacent to an activating group) is 1. The fourth-order valence-electron chi connectivity index (χ4n) is 3.57. The van der Waals surface area contributed by atoms with Gasteiger partial charge in [0.15, 0.2) is 17.3 Å². The number of methoxy groups -OCH3 is 2. The number of tetrazole rings is 1. The molecule has 1 fully saturated rings. The first-order valence-electron chi connectivity index (χ1n) is 9.84. The normalized spacial score (nSPS) is 17.5. The lowest BCUT2D eigenvalue weighted by Gasteiger charge is -2.38. The zero-order valence-electron chi connectivity index (χ0n) is 17.8. The first-order chi connectivity index (χ1) is 13.4. The van der Waals surface area contributed by atoms with Gasteiger partial charge in [-0.25, -0.2) is 4.68 Å². The van der Waals surface area contributed by atoms with Crippen LogP contribution in [0, 0.1) is 0 Å². The molecule has 0 bridgehead atoms. The number of nitrogens with zero attached hydrogens (tertiary/aromatic N) is 6. The van der Waals surface area contributed by atoms with Crippen LogP contribution < -0.4 is 9.47 Å². The fourth-order valence-corrected chi connectivity index (χ4v) is 3.57. The van der Waals surface area contributed by atoms with Crippen molar-refractivity contribution in [3.8, 4) is 11.5 Å². The molecule has 0 radical (unpaired) electrons. The van der Waals surface area contributed by atoms with E-state index in [0.717, 1.165) is 49.7 Å². The van der Waals surface area contributed by atoms with Gasteiger partial charge in [0.25, 0.3) is 0 Å². The quantitative estimate of drug-likeness (QED) is 0.720. The molecule has 1 aliphatic rings. The minimum atomic E-state index is -0.166. The molecule has 1 aromatic carbocycles. The van der Waals surface area contributed by atoms with Crippen molar-refractivity contribution in [2.24, 2.45) is 0 Å². The second-order valence-electron chi connectivity index (χ2n) is 7.97. The van der Waals surface area contributed by atoms with E-state index in [1.54, 1.807) is 14.2 Å². The molecular formula is C20H32N6O2. The summed E-state index contributed by atoms with van der Waals surface area (Å²) in [6, 6.07) is 6.03. The van der Waals surface area contributed by atoms with E-state index in [1.165, 1.54) is 0 Å². The van der Waals surface area contributed by atoms with Crippen LogP contribution in [0.15, 0.2) is 18.2 Å². The van der Waals surface area contributed by atoms with Gasteiger partial charge in [0.05, 0.1) is 25.8 Å². The van der Waals surface area contributed by atoms with Gasteiger partial charge in [-0.15, -0.1) is 5.10 Å². The SMILES string of the molecule is CCC(C)(C)n1nnnc1[C@@H](c1ccc(OC)c(OC)c1)N1CCN(C)CC1. The Morgan fingerprint density at radius 2 is 1.75 bits per heavy atom. The predicted octanol–water partition coefficient (Wildman–Crippen LogP) is 2.17. The number of rotatable bonds is 7. The van der Waals surface area contributed by atoms with Gasteiger partial charge in [-0.3, -0.25) is 4.90 Å². The van der Waals surface area contributed by atoms with Gasteiger partial charge in [-0.2, -0.15) is 0 Å². The van der Waals surface area contributed by atoms with Gasteiger partial charge in [-0.05, 0) is 55.4 Å². The molecule has 0 amide bonds. The Labute approximate surface area is 167 Å². The lowest BCUT2D eigenvalue weighted by Crippen LogP contribution is -2.47. The minimum absolute atomic E-state index is 0.0469. The van der Waals surface area contributed by atoms with E-state index in [9.17, 15) is 0 Å². The maximum Gasteiger partial charge on any atom is 0.173 e. The van der Waals surface area contributed by atoms with Crippen LogP contribution in [-0.4, -0.2) is 77.5 Å². The van der Waals surface area contributed by atoms with Crippen molar-refractivity contribution in [2.45, 2.75) is 38.8 Å². The van der Waals surface area contributed by atoms with E-state index in [4.69, 9.17) is 9.47 Å². The van der Waals surface area contributed by atoms with Gasteiger partial charge in [0, 0.05) is 26.2 Å². The second kappa shape index (κ2) is 8.45. The Balaban J connectivity index is 2.08. The molecular weight excluding hydrogens is 356 g/mol. The number of hydrogen-bond acceptors (Lipinski definition) is 7. The van der Waals surface area contributed by atoms with Crippen molar-refractivity contribution in [1.29, 1.82) is 0 Å². The molecule has 0 spiro atoms. The highest BCUT2D eigenvalue weighted by Crippen LogP contribution is 2.36. The molecule has 8 heteroatoms. The van der Waals surface area contributed by atoms with E-state index >= 15 is 0 Å². The first kappa shape index (κ1) is 20.5. The summed E-state index contributed by atoms with van der Waals surface area (Å²) in [5.41, 5.74) is 0.936. The van der Waals surface area contributed by atoms with Crippen LogP contribution in [0.1, 0.15) is 44.6 Å². The highest BCUT2D eigenvalue weighted by atomic mass is 16.5. The van der Waals surface area contributed by atoms with Crippen LogP contribution in [-0.2, 0) is 5.54 Å². The summed E-state index contributed by atoms with van der Waals surface area (Å²) in [7, 11) is 5.48. The number of piperazine rings is 1. The highest BCUT2D eigenvalue weighted by Gasteiger charge is 2.34. The topological polar surface area (TPSA) is 68.5 Å². The van der Waals surface area contributed by atoms with Crippen LogP contribution >= 0.6 is 0 Å². The molecule has 8 nitrogen and oxygen atoms in total. The molecule has 1 saturated heterocycles. The molecule has 2 aromatic rings. The van der Waals surface area contributed by atoms with Crippen molar-refractivity contribution < 1.29 is 9.47 Å².